The highest BCUT2D eigenvalue weighted by Gasteiger charge is 2.03. The summed E-state index contributed by atoms with van der Waals surface area (Å²) in [6, 6.07) is 6.45. The van der Waals surface area contributed by atoms with Crippen LogP contribution in [0.15, 0.2) is 23.1 Å². The van der Waals surface area contributed by atoms with Gasteiger partial charge in [-0.2, -0.15) is 0 Å². The Balaban J connectivity index is 2.75. The van der Waals surface area contributed by atoms with Gasteiger partial charge in [-0.1, -0.05) is 0 Å². The maximum Gasteiger partial charge on any atom is 0.0868 e. The summed E-state index contributed by atoms with van der Waals surface area (Å²) in [6.07, 6.45) is 2.09. The Hall–Kier alpha value is -0.670. The number of anilines is 1. The number of rotatable bonds is 1. The van der Waals surface area contributed by atoms with Gasteiger partial charge in [0.2, 0.25) is 0 Å². The molecule has 0 aliphatic carbocycles. The fourth-order valence-electron chi connectivity index (χ4n) is 1.43. The minimum absolute atomic E-state index is 0.899. The lowest BCUT2D eigenvalue weighted by molar-refractivity contribution is 1.43. The third-order valence-electron chi connectivity index (χ3n) is 2.03. The van der Waals surface area contributed by atoms with Crippen molar-refractivity contribution in [3.05, 3.63) is 23.8 Å². The van der Waals surface area contributed by atoms with Gasteiger partial charge in [-0.3, -0.25) is 0 Å². The number of thiophene rings is 1. The fraction of sp³-hybridized carbons (Fsp3) is 0.200. The Morgan fingerprint density at radius 2 is 2.08 bits per heavy atom. The Morgan fingerprint density at radius 3 is 2.77 bits per heavy atom. The number of thioether (sulfide) groups is 1. The van der Waals surface area contributed by atoms with Gasteiger partial charge >= 0.3 is 0 Å². The standard InChI is InChI=1S/C10H11NS2/c1-6-3-8(12-2)4-7-5-9(11)13-10(6)7/h3-5H,11H2,1-2H3. The number of hydrogen-bond donors (Lipinski definition) is 1. The first-order chi connectivity index (χ1) is 6.20. The molecule has 0 spiro atoms. The maximum absolute atomic E-state index is 5.76. The van der Waals surface area contributed by atoms with E-state index in [-0.39, 0.29) is 0 Å². The van der Waals surface area contributed by atoms with Crippen LogP contribution in [0.5, 0.6) is 0 Å². The Kier molecular flexibility index (Phi) is 2.22. The van der Waals surface area contributed by atoms with Crippen molar-refractivity contribution in [2.75, 3.05) is 12.0 Å². The summed E-state index contributed by atoms with van der Waals surface area (Å²) in [5.74, 6) is 0. The third kappa shape index (κ3) is 1.54. The highest BCUT2D eigenvalue weighted by Crippen LogP contribution is 2.33. The van der Waals surface area contributed by atoms with Gasteiger partial charge in [-0.15, -0.1) is 23.1 Å². The minimum Gasteiger partial charge on any atom is -0.391 e. The number of nitrogen functional groups attached to an aromatic ring is 1. The van der Waals surface area contributed by atoms with Gasteiger partial charge in [0.05, 0.1) is 5.00 Å². The Labute approximate surface area is 85.9 Å². The second-order valence-electron chi connectivity index (χ2n) is 3.01. The van der Waals surface area contributed by atoms with Gasteiger partial charge in [0, 0.05) is 9.60 Å². The van der Waals surface area contributed by atoms with Crippen LogP contribution in [0.2, 0.25) is 0 Å². The molecular weight excluding hydrogens is 198 g/mol. The third-order valence-corrected chi connectivity index (χ3v) is 3.85. The van der Waals surface area contributed by atoms with Crippen molar-refractivity contribution >= 4 is 38.2 Å². The van der Waals surface area contributed by atoms with E-state index < -0.39 is 0 Å². The van der Waals surface area contributed by atoms with E-state index in [4.69, 9.17) is 5.73 Å². The van der Waals surface area contributed by atoms with E-state index in [1.807, 2.05) is 6.07 Å². The van der Waals surface area contributed by atoms with E-state index >= 15 is 0 Å². The molecular formula is C10H11NS2. The zero-order valence-electron chi connectivity index (χ0n) is 7.63. The molecule has 1 aromatic heterocycles. The molecule has 2 rings (SSSR count). The van der Waals surface area contributed by atoms with Crippen molar-refractivity contribution in [1.29, 1.82) is 0 Å². The molecule has 0 atom stereocenters. The molecule has 0 saturated carbocycles. The molecule has 0 amide bonds. The van der Waals surface area contributed by atoms with Crippen LogP contribution in [0, 0.1) is 6.92 Å². The highest BCUT2D eigenvalue weighted by molar-refractivity contribution is 7.98. The van der Waals surface area contributed by atoms with Crippen LogP contribution in [0.25, 0.3) is 10.1 Å². The normalized spacial score (nSPS) is 10.9. The molecule has 3 heteroatoms. The van der Waals surface area contributed by atoms with E-state index in [9.17, 15) is 0 Å². The molecule has 1 aromatic carbocycles. The Bertz CT molecular complexity index is 445. The first kappa shape index (κ1) is 8.91. The van der Waals surface area contributed by atoms with Crippen LogP contribution in [0.3, 0.4) is 0 Å². The number of aryl methyl sites for hydroxylation is 1. The molecule has 2 aromatic rings. The zero-order chi connectivity index (χ0) is 9.42. The molecule has 1 nitrogen and oxygen atoms in total. The molecule has 1 heterocycles. The second kappa shape index (κ2) is 3.24. The van der Waals surface area contributed by atoms with Crippen molar-refractivity contribution in [2.45, 2.75) is 11.8 Å². The Morgan fingerprint density at radius 1 is 1.31 bits per heavy atom. The molecule has 0 unspecified atom stereocenters. The van der Waals surface area contributed by atoms with Crippen LogP contribution in [0.1, 0.15) is 5.56 Å². The van der Waals surface area contributed by atoms with Gasteiger partial charge in [-0.05, 0) is 42.3 Å². The van der Waals surface area contributed by atoms with E-state index in [2.05, 4.69) is 25.3 Å². The van der Waals surface area contributed by atoms with Crippen molar-refractivity contribution in [3.8, 4) is 0 Å². The van der Waals surface area contributed by atoms with E-state index in [1.165, 1.54) is 20.5 Å². The monoisotopic (exact) mass is 209 g/mol. The number of fused-ring (bicyclic) bond motifs is 1. The first-order valence-corrected chi connectivity index (χ1v) is 6.08. The van der Waals surface area contributed by atoms with E-state index in [0.29, 0.717) is 0 Å². The zero-order valence-corrected chi connectivity index (χ0v) is 9.26. The predicted molar refractivity (Wildman–Crippen MR) is 62.8 cm³/mol. The topological polar surface area (TPSA) is 26.0 Å². The highest BCUT2D eigenvalue weighted by atomic mass is 32.2. The van der Waals surface area contributed by atoms with Crippen LogP contribution >= 0.6 is 23.1 Å². The summed E-state index contributed by atoms with van der Waals surface area (Å²) in [5.41, 5.74) is 7.09. The van der Waals surface area contributed by atoms with Gasteiger partial charge in [0.15, 0.2) is 0 Å². The van der Waals surface area contributed by atoms with E-state index in [0.717, 1.165) is 5.00 Å². The van der Waals surface area contributed by atoms with Crippen LogP contribution in [-0.4, -0.2) is 6.26 Å². The molecule has 0 radical (unpaired) electrons. The van der Waals surface area contributed by atoms with Gasteiger partial charge < -0.3 is 5.73 Å². The second-order valence-corrected chi connectivity index (χ2v) is 4.97. The predicted octanol–water partition coefficient (Wildman–Crippen LogP) is 3.51. The summed E-state index contributed by atoms with van der Waals surface area (Å²) in [6.45, 7) is 2.14. The van der Waals surface area contributed by atoms with Crippen molar-refractivity contribution in [1.82, 2.24) is 0 Å². The minimum atomic E-state index is 0.899. The summed E-state index contributed by atoms with van der Waals surface area (Å²) in [4.78, 5) is 1.31. The number of benzene rings is 1. The largest absolute Gasteiger partial charge is 0.391 e. The molecule has 68 valence electrons. The number of hydrogen-bond acceptors (Lipinski definition) is 3. The van der Waals surface area contributed by atoms with Crippen LogP contribution in [0.4, 0.5) is 5.00 Å². The lowest BCUT2D eigenvalue weighted by Gasteiger charge is -1.99. The summed E-state index contributed by atoms with van der Waals surface area (Å²) in [7, 11) is 0. The molecule has 0 aliphatic heterocycles. The quantitative estimate of drug-likeness (QED) is 0.727. The van der Waals surface area contributed by atoms with Crippen LogP contribution in [-0.2, 0) is 0 Å². The van der Waals surface area contributed by atoms with E-state index in [1.54, 1.807) is 23.1 Å². The van der Waals surface area contributed by atoms with Gasteiger partial charge in [-0.25, -0.2) is 0 Å². The first-order valence-electron chi connectivity index (χ1n) is 4.04. The summed E-state index contributed by atoms with van der Waals surface area (Å²) < 4.78 is 1.32. The molecule has 0 saturated heterocycles. The number of nitrogens with two attached hydrogens (primary N) is 1. The fourth-order valence-corrected chi connectivity index (χ4v) is 2.85. The van der Waals surface area contributed by atoms with Crippen molar-refractivity contribution < 1.29 is 0 Å². The van der Waals surface area contributed by atoms with Gasteiger partial charge in [0.1, 0.15) is 0 Å². The van der Waals surface area contributed by atoms with Crippen LogP contribution < -0.4 is 5.73 Å². The van der Waals surface area contributed by atoms with Gasteiger partial charge in [0.25, 0.3) is 0 Å². The summed E-state index contributed by atoms with van der Waals surface area (Å²) >= 11 is 3.44. The summed E-state index contributed by atoms with van der Waals surface area (Å²) in [5, 5.41) is 2.17. The molecule has 2 N–H and O–H groups in total. The average molecular weight is 209 g/mol. The molecule has 0 bridgehead atoms. The average Bonchev–Trinajstić information content (AvgIpc) is 2.46. The lowest BCUT2D eigenvalue weighted by Crippen LogP contribution is -1.74. The smallest absolute Gasteiger partial charge is 0.0868 e. The molecule has 0 aliphatic rings. The SMILES string of the molecule is CSc1cc(C)c2sc(N)cc2c1. The van der Waals surface area contributed by atoms with Crippen molar-refractivity contribution in [3.63, 3.8) is 0 Å². The van der Waals surface area contributed by atoms with Crippen molar-refractivity contribution in [2.24, 2.45) is 0 Å². The maximum atomic E-state index is 5.76. The lowest BCUT2D eigenvalue weighted by atomic mass is 10.2. The molecule has 0 fully saturated rings. The molecule has 13 heavy (non-hydrogen) atoms.